The Morgan fingerprint density at radius 3 is 2.15 bits per heavy atom. The van der Waals surface area contributed by atoms with Crippen LogP contribution in [0.25, 0.3) is 6.08 Å². The molecule has 0 saturated carbocycles. The largest absolute Gasteiger partial charge is 0.493 e. The minimum Gasteiger partial charge on any atom is -0.493 e. The maximum atomic E-state index is 5.74. The molecule has 0 spiro atoms. The first-order valence-corrected chi connectivity index (χ1v) is 8.85. The van der Waals surface area contributed by atoms with Gasteiger partial charge in [0.2, 0.25) is 0 Å². The number of benzene rings is 2. The molecule has 0 unspecified atom stereocenters. The van der Waals surface area contributed by atoms with Crippen molar-refractivity contribution in [3.05, 3.63) is 59.2 Å². The van der Waals surface area contributed by atoms with E-state index in [2.05, 4.69) is 13.0 Å². The average molecular weight is 356 g/mol. The van der Waals surface area contributed by atoms with E-state index in [1.54, 1.807) is 7.11 Å². The van der Waals surface area contributed by atoms with Crippen molar-refractivity contribution in [2.24, 2.45) is 0 Å². The van der Waals surface area contributed by atoms with Crippen LogP contribution in [0.4, 0.5) is 0 Å². The van der Waals surface area contributed by atoms with E-state index in [1.807, 2.05) is 56.3 Å². The van der Waals surface area contributed by atoms with Crippen molar-refractivity contribution in [3.63, 3.8) is 0 Å². The summed E-state index contributed by atoms with van der Waals surface area (Å²) in [6, 6.07) is 12.0. The highest BCUT2D eigenvalue weighted by Gasteiger charge is 2.05. The SMILES string of the molecule is C/C=C/c1ccc(OCCOCCOc2ccc(C)cc2C)c(OC)c1. The Morgan fingerprint density at radius 1 is 0.808 bits per heavy atom. The lowest BCUT2D eigenvalue weighted by Gasteiger charge is -2.12. The van der Waals surface area contributed by atoms with Crippen LogP contribution in [-0.2, 0) is 4.74 Å². The molecule has 26 heavy (non-hydrogen) atoms. The van der Waals surface area contributed by atoms with E-state index in [1.165, 1.54) is 5.56 Å². The first kappa shape index (κ1) is 19.9. The van der Waals surface area contributed by atoms with E-state index in [-0.39, 0.29) is 0 Å². The van der Waals surface area contributed by atoms with Crippen LogP contribution in [0.1, 0.15) is 23.6 Å². The summed E-state index contributed by atoms with van der Waals surface area (Å²) in [5.74, 6) is 2.34. The standard InChI is InChI=1S/C22H28O4/c1-5-6-19-8-10-21(22(16-19)23-4)26-14-12-24-11-13-25-20-9-7-17(2)15-18(20)3/h5-10,15-16H,11-14H2,1-4H3/b6-5+. The monoisotopic (exact) mass is 356 g/mol. The topological polar surface area (TPSA) is 36.9 Å². The highest BCUT2D eigenvalue weighted by atomic mass is 16.6. The molecule has 2 aromatic rings. The van der Waals surface area contributed by atoms with Gasteiger partial charge in [-0.2, -0.15) is 0 Å². The number of hydrogen-bond donors (Lipinski definition) is 0. The maximum Gasteiger partial charge on any atom is 0.161 e. The van der Waals surface area contributed by atoms with E-state index < -0.39 is 0 Å². The number of allylic oxidation sites excluding steroid dienone is 1. The second-order valence-electron chi connectivity index (χ2n) is 5.99. The molecule has 0 aromatic heterocycles. The van der Waals surface area contributed by atoms with Crippen molar-refractivity contribution in [1.29, 1.82) is 0 Å². The summed E-state index contributed by atoms with van der Waals surface area (Å²) in [7, 11) is 1.64. The lowest BCUT2D eigenvalue weighted by atomic mass is 10.1. The van der Waals surface area contributed by atoms with Gasteiger partial charge >= 0.3 is 0 Å². The van der Waals surface area contributed by atoms with Crippen LogP contribution in [0.15, 0.2) is 42.5 Å². The minimum atomic E-state index is 0.461. The van der Waals surface area contributed by atoms with Gasteiger partial charge in [-0.15, -0.1) is 0 Å². The van der Waals surface area contributed by atoms with E-state index in [0.717, 1.165) is 28.4 Å². The molecule has 0 N–H and O–H groups in total. The van der Waals surface area contributed by atoms with Gasteiger partial charge in [0.15, 0.2) is 11.5 Å². The Labute approximate surface area is 156 Å². The third kappa shape index (κ3) is 6.12. The van der Waals surface area contributed by atoms with Gasteiger partial charge in [-0.3, -0.25) is 0 Å². The van der Waals surface area contributed by atoms with E-state index >= 15 is 0 Å². The molecular formula is C22H28O4. The van der Waals surface area contributed by atoms with Crippen molar-refractivity contribution in [3.8, 4) is 17.2 Å². The number of rotatable bonds is 10. The molecule has 0 aliphatic carbocycles. The summed E-state index contributed by atoms with van der Waals surface area (Å²) in [4.78, 5) is 0. The first-order valence-electron chi connectivity index (χ1n) is 8.85. The molecule has 0 bridgehead atoms. The zero-order valence-electron chi connectivity index (χ0n) is 16.1. The number of ether oxygens (including phenoxy) is 4. The smallest absolute Gasteiger partial charge is 0.161 e. The van der Waals surface area contributed by atoms with E-state index in [9.17, 15) is 0 Å². The zero-order chi connectivity index (χ0) is 18.8. The van der Waals surface area contributed by atoms with Crippen LogP contribution in [0, 0.1) is 13.8 Å². The molecule has 2 rings (SSSR count). The molecule has 4 heteroatoms. The molecule has 140 valence electrons. The van der Waals surface area contributed by atoms with E-state index in [4.69, 9.17) is 18.9 Å². The van der Waals surface area contributed by atoms with Crippen molar-refractivity contribution >= 4 is 6.08 Å². The fourth-order valence-corrected chi connectivity index (χ4v) is 2.58. The molecule has 0 radical (unpaired) electrons. The minimum absolute atomic E-state index is 0.461. The lowest BCUT2D eigenvalue weighted by molar-refractivity contribution is 0.0756. The number of methoxy groups -OCH3 is 1. The van der Waals surface area contributed by atoms with Crippen LogP contribution in [0.5, 0.6) is 17.2 Å². The van der Waals surface area contributed by atoms with Gasteiger partial charge in [-0.25, -0.2) is 0 Å². The Balaban J connectivity index is 1.67. The fourth-order valence-electron chi connectivity index (χ4n) is 2.58. The second-order valence-corrected chi connectivity index (χ2v) is 5.99. The molecule has 0 amide bonds. The highest BCUT2D eigenvalue weighted by Crippen LogP contribution is 2.28. The molecule has 4 nitrogen and oxygen atoms in total. The summed E-state index contributed by atoms with van der Waals surface area (Å²) in [6.07, 6.45) is 4.01. The Kier molecular flexibility index (Phi) is 8.03. The van der Waals surface area contributed by atoms with Gasteiger partial charge in [0.25, 0.3) is 0 Å². The van der Waals surface area contributed by atoms with Gasteiger partial charge in [-0.05, 0) is 50.1 Å². The second kappa shape index (κ2) is 10.5. The molecule has 0 saturated heterocycles. The van der Waals surface area contributed by atoms with Gasteiger partial charge < -0.3 is 18.9 Å². The lowest BCUT2D eigenvalue weighted by Crippen LogP contribution is -2.12. The van der Waals surface area contributed by atoms with Gasteiger partial charge in [-0.1, -0.05) is 35.9 Å². The number of aryl methyl sites for hydroxylation is 2. The molecule has 0 aliphatic rings. The van der Waals surface area contributed by atoms with Crippen molar-refractivity contribution < 1.29 is 18.9 Å². The van der Waals surface area contributed by atoms with Crippen molar-refractivity contribution in [2.75, 3.05) is 33.5 Å². The quantitative estimate of drug-likeness (QED) is 0.572. The predicted molar refractivity (Wildman–Crippen MR) is 105 cm³/mol. The van der Waals surface area contributed by atoms with Crippen LogP contribution in [-0.4, -0.2) is 33.5 Å². The van der Waals surface area contributed by atoms with Crippen molar-refractivity contribution in [2.45, 2.75) is 20.8 Å². The Morgan fingerprint density at radius 2 is 1.50 bits per heavy atom. The maximum absolute atomic E-state index is 5.74. The van der Waals surface area contributed by atoms with E-state index in [0.29, 0.717) is 26.4 Å². The van der Waals surface area contributed by atoms with Crippen LogP contribution >= 0.6 is 0 Å². The summed E-state index contributed by atoms with van der Waals surface area (Å²) in [6.45, 7) is 8.10. The Bertz CT molecular complexity index is 722. The van der Waals surface area contributed by atoms with Crippen LogP contribution < -0.4 is 14.2 Å². The first-order chi connectivity index (χ1) is 12.6. The summed E-state index contributed by atoms with van der Waals surface area (Å²) >= 11 is 0. The molecule has 2 aromatic carbocycles. The number of hydrogen-bond acceptors (Lipinski definition) is 4. The fraction of sp³-hybridized carbons (Fsp3) is 0.364. The molecule has 0 fully saturated rings. The molecular weight excluding hydrogens is 328 g/mol. The third-order valence-corrected chi connectivity index (χ3v) is 3.85. The van der Waals surface area contributed by atoms with Crippen LogP contribution in [0.2, 0.25) is 0 Å². The molecule has 0 heterocycles. The van der Waals surface area contributed by atoms with Gasteiger partial charge in [0, 0.05) is 0 Å². The molecule has 0 atom stereocenters. The van der Waals surface area contributed by atoms with Gasteiger partial charge in [0.1, 0.15) is 19.0 Å². The van der Waals surface area contributed by atoms with Crippen molar-refractivity contribution in [1.82, 2.24) is 0 Å². The average Bonchev–Trinajstić information content (AvgIpc) is 2.63. The summed E-state index contributed by atoms with van der Waals surface area (Å²) in [5, 5.41) is 0. The normalized spacial score (nSPS) is 10.9. The Hall–Kier alpha value is -2.46. The van der Waals surface area contributed by atoms with Gasteiger partial charge in [0.05, 0.1) is 20.3 Å². The highest BCUT2D eigenvalue weighted by molar-refractivity contribution is 5.55. The zero-order valence-corrected chi connectivity index (χ0v) is 16.1. The molecule has 0 aliphatic heterocycles. The summed E-state index contributed by atoms with van der Waals surface area (Å²) in [5.41, 5.74) is 3.45. The predicted octanol–water partition coefficient (Wildman–Crippen LogP) is 4.82. The van der Waals surface area contributed by atoms with Crippen LogP contribution in [0.3, 0.4) is 0 Å². The summed E-state index contributed by atoms with van der Waals surface area (Å²) < 4.78 is 22.4. The third-order valence-electron chi connectivity index (χ3n) is 3.85.